The standard InChI is InChI=1S/C45H38O18/c46-18-10-26(53)33-32(11-18)62-43(16-2-5-21(48)24(51)8-16)40(59)37(33)35-27(54)13-28(55)36-38(41(60)44(63-45(35)36)17-3-6-22(49)25(52)9-17)34-29(56)14-31-19(39(34)58)12-30(57)42(61-31)15-1-4-20(47)23(50)7-15/h1-11,13-14,30,37-38,40-44,46-60H,12H2/t30-,37+,38+,40-,41-,42-,43-,44-/m1/s1. The van der Waals surface area contributed by atoms with E-state index in [1.165, 1.54) is 30.3 Å². The first-order chi connectivity index (χ1) is 29.9. The zero-order valence-electron chi connectivity index (χ0n) is 32.3. The lowest BCUT2D eigenvalue weighted by molar-refractivity contribution is -0.00377. The van der Waals surface area contributed by atoms with Crippen LogP contribution in [0.15, 0.2) is 78.9 Å². The fraction of sp³-hybridized carbons (Fsp3) is 0.200. The van der Waals surface area contributed by atoms with E-state index in [2.05, 4.69) is 0 Å². The zero-order chi connectivity index (χ0) is 44.9. The normalized spacial score (nSPS) is 23.6. The summed E-state index contributed by atoms with van der Waals surface area (Å²) in [5.74, 6) is -11.5. The van der Waals surface area contributed by atoms with Crippen molar-refractivity contribution < 1.29 is 90.8 Å². The molecule has 9 rings (SSSR count). The van der Waals surface area contributed by atoms with Crippen LogP contribution in [0.25, 0.3) is 0 Å². The first-order valence-corrected chi connectivity index (χ1v) is 19.3. The molecular weight excluding hydrogens is 828 g/mol. The third kappa shape index (κ3) is 6.46. The van der Waals surface area contributed by atoms with Gasteiger partial charge in [-0.1, -0.05) is 18.2 Å². The van der Waals surface area contributed by atoms with E-state index in [4.69, 9.17) is 14.2 Å². The molecule has 15 N–H and O–H groups in total. The number of benzene rings is 6. The lowest BCUT2D eigenvalue weighted by Gasteiger charge is -2.42. The largest absolute Gasteiger partial charge is 0.508 e. The molecule has 0 saturated carbocycles. The Morgan fingerprint density at radius 1 is 0.381 bits per heavy atom. The molecule has 3 aliphatic heterocycles. The third-order valence-electron chi connectivity index (χ3n) is 11.8. The van der Waals surface area contributed by atoms with Crippen LogP contribution in [0, 0.1) is 0 Å². The van der Waals surface area contributed by atoms with Gasteiger partial charge in [0, 0.05) is 58.5 Å². The van der Waals surface area contributed by atoms with Gasteiger partial charge in [0.25, 0.3) is 0 Å². The summed E-state index contributed by atoms with van der Waals surface area (Å²) < 4.78 is 18.5. The van der Waals surface area contributed by atoms with Gasteiger partial charge in [-0.05, 0) is 53.1 Å². The van der Waals surface area contributed by atoms with Crippen molar-refractivity contribution in [1.82, 2.24) is 0 Å². The van der Waals surface area contributed by atoms with Gasteiger partial charge in [-0.25, -0.2) is 0 Å². The van der Waals surface area contributed by atoms with E-state index < -0.39 is 129 Å². The van der Waals surface area contributed by atoms with Crippen molar-refractivity contribution >= 4 is 0 Å². The lowest BCUT2D eigenvalue weighted by atomic mass is 9.73. The Labute approximate surface area is 354 Å². The Kier molecular flexibility index (Phi) is 9.46. The second-order valence-corrected chi connectivity index (χ2v) is 15.7. The molecule has 8 atom stereocenters. The van der Waals surface area contributed by atoms with Crippen LogP contribution < -0.4 is 14.2 Å². The molecule has 0 spiro atoms. The maximum absolute atomic E-state index is 12.3. The summed E-state index contributed by atoms with van der Waals surface area (Å²) in [6, 6.07) is 14.6. The van der Waals surface area contributed by atoms with Crippen LogP contribution in [0.3, 0.4) is 0 Å². The maximum atomic E-state index is 12.3. The summed E-state index contributed by atoms with van der Waals surface area (Å²) in [5.41, 5.74) is -1.17. The molecule has 6 aromatic rings. The van der Waals surface area contributed by atoms with E-state index in [-0.39, 0.29) is 56.9 Å². The highest BCUT2D eigenvalue weighted by molar-refractivity contribution is 5.70. The number of phenols is 12. The molecule has 0 aliphatic carbocycles. The number of aliphatic hydroxyl groups excluding tert-OH is 3. The number of aliphatic hydroxyl groups is 3. The molecular formula is C45H38O18. The third-order valence-corrected chi connectivity index (χ3v) is 11.8. The molecule has 63 heavy (non-hydrogen) atoms. The van der Waals surface area contributed by atoms with Crippen molar-refractivity contribution in [2.24, 2.45) is 0 Å². The monoisotopic (exact) mass is 866 g/mol. The average Bonchev–Trinajstić information content (AvgIpc) is 3.22. The second kappa shape index (κ2) is 14.7. The van der Waals surface area contributed by atoms with Crippen molar-refractivity contribution in [3.05, 3.63) is 123 Å². The summed E-state index contributed by atoms with van der Waals surface area (Å²) in [6.45, 7) is 0. The Morgan fingerprint density at radius 3 is 1.35 bits per heavy atom. The van der Waals surface area contributed by atoms with Crippen LogP contribution in [0.5, 0.6) is 86.2 Å². The van der Waals surface area contributed by atoms with Crippen LogP contribution in [0.4, 0.5) is 0 Å². The average molecular weight is 867 g/mol. The summed E-state index contributed by atoms with van der Waals surface area (Å²) in [7, 11) is 0. The lowest BCUT2D eigenvalue weighted by Crippen LogP contribution is -2.38. The van der Waals surface area contributed by atoms with Gasteiger partial charge in [0.15, 0.2) is 46.7 Å². The fourth-order valence-electron chi connectivity index (χ4n) is 8.93. The van der Waals surface area contributed by atoms with Crippen LogP contribution in [-0.4, -0.2) is 94.9 Å². The predicted octanol–water partition coefficient (Wildman–Crippen LogP) is 4.44. The molecule has 0 amide bonds. The van der Waals surface area contributed by atoms with Gasteiger partial charge in [0.2, 0.25) is 0 Å². The summed E-state index contributed by atoms with van der Waals surface area (Å²) in [6.07, 6.45) is -9.76. The van der Waals surface area contributed by atoms with Gasteiger partial charge in [-0.15, -0.1) is 0 Å². The first kappa shape index (κ1) is 40.6. The molecule has 0 unspecified atom stereocenters. The van der Waals surface area contributed by atoms with E-state index in [9.17, 15) is 76.6 Å². The molecule has 0 saturated heterocycles. The van der Waals surface area contributed by atoms with E-state index in [0.717, 1.165) is 48.5 Å². The molecule has 0 radical (unpaired) electrons. The molecule has 0 aromatic heterocycles. The Balaban J connectivity index is 1.26. The summed E-state index contributed by atoms with van der Waals surface area (Å²) >= 11 is 0. The number of fused-ring (bicyclic) bond motifs is 3. The number of hydrogen-bond donors (Lipinski definition) is 15. The van der Waals surface area contributed by atoms with Gasteiger partial charge in [0.05, 0.1) is 17.9 Å². The smallest absolute Gasteiger partial charge is 0.157 e. The highest BCUT2D eigenvalue weighted by atomic mass is 16.5. The first-order valence-electron chi connectivity index (χ1n) is 19.3. The van der Waals surface area contributed by atoms with Gasteiger partial charge in [-0.2, -0.15) is 0 Å². The van der Waals surface area contributed by atoms with Crippen LogP contribution in [-0.2, 0) is 6.42 Å². The van der Waals surface area contributed by atoms with Gasteiger partial charge in [0.1, 0.15) is 70.1 Å². The summed E-state index contributed by atoms with van der Waals surface area (Å²) in [4.78, 5) is 0. The van der Waals surface area contributed by atoms with E-state index in [1.807, 2.05) is 0 Å². The van der Waals surface area contributed by atoms with Crippen molar-refractivity contribution in [3.63, 3.8) is 0 Å². The topological polar surface area (TPSA) is 331 Å². The molecule has 3 aliphatic rings. The van der Waals surface area contributed by atoms with Gasteiger partial charge < -0.3 is 90.8 Å². The molecule has 6 aromatic carbocycles. The highest BCUT2D eigenvalue weighted by Crippen LogP contribution is 2.62. The molecule has 326 valence electrons. The van der Waals surface area contributed by atoms with E-state index >= 15 is 0 Å². The van der Waals surface area contributed by atoms with Crippen molar-refractivity contribution in [2.45, 2.75) is 54.9 Å². The molecule has 18 heteroatoms. The summed E-state index contributed by atoms with van der Waals surface area (Å²) in [5, 5.41) is 166. The van der Waals surface area contributed by atoms with E-state index in [0.29, 0.717) is 0 Å². The minimum atomic E-state index is -1.91. The Bertz CT molecular complexity index is 2840. The predicted molar refractivity (Wildman–Crippen MR) is 214 cm³/mol. The zero-order valence-corrected chi connectivity index (χ0v) is 32.3. The van der Waals surface area contributed by atoms with Crippen LogP contribution in [0.2, 0.25) is 0 Å². The minimum Gasteiger partial charge on any atom is -0.508 e. The number of rotatable bonds is 5. The molecule has 3 heterocycles. The maximum Gasteiger partial charge on any atom is 0.157 e. The number of ether oxygens (including phenoxy) is 3. The van der Waals surface area contributed by atoms with E-state index in [1.54, 1.807) is 0 Å². The minimum absolute atomic E-state index is 0.0175. The number of aromatic hydroxyl groups is 12. The quantitative estimate of drug-likeness (QED) is 0.106. The van der Waals surface area contributed by atoms with Crippen molar-refractivity contribution in [3.8, 4) is 86.2 Å². The highest BCUT2D eigenvalue weighted by Gasteiger charge is 2.50. The number of hydrogen-bond acceptors (Lipinski definition) is 18. The van der Waals surface area contributed by atoms with Crippen molar-refractivity contribution in [2.75, 3.05) is 0 Å². The SMILES string of the molecule is Oc1cc(O)c2c(c1)O[C@H](c1ccc(O)c(O)c1)[C@H](O)[C@@H]2c1c(O)cc(O)c2c1O[C@H](c1ccc(O)c(O)c1)[C@H](O)[C@H]2c1c(O)cc2c(c1O)C[C@@H](O)[C@@H](c1ccc(O)c(O)c1)O2. The van der Waals surface area contributed by atoms with Crippen molar-refractivity contribution in [1.29, 1.82) is 0 Å². The Morgan fingerprint density at radius 2 is 0.825 bits per heavy atom. The van der Waals surface area contributed by atoms with Gasteiger partial charge >= 0.3 is 0 Å². The second-order valence-electron chi connectivity index (χ2n) is 15.7. The number of phenolic OH excluding ortho intramolecular Hbond substituents is 12. The molecule has 18 nitrogen and oxygen atoms in total. The fourth-order valence-corrected chi connectivity index (χ4v) is 8.93. The molecule has 0 bridgehead atoms. The van der Waals surface area contributed by atoms with Crippen LogP contribution in [0.1, 0.15) is 74.7 Å². The Hall–Kier alpha value is -7.80. The van der Waals surface area contributed by atoms with Crippen LogP contribution >= 0.6 is 0 Å². The van der Waals surface area contributed by atoms with Gasteiger partial charge in [-0.3, -0.25) is 0 Å². The molecule has 0 fully saturated rings.